The minimum atomic E-state index is -4.65. The number of hydrogen-bond acceptors (Lipinski definition) is 4. The van der Waals surface area contributed by atoms with Gasteiger partial charge < -0.3 is 21.2 Å². The van der Waals surface area contributed by atoms with Gasteiger partial charge in [-0.3, -0.25) is 4.79 Å². The highest BCUT2D eigenvalue weighted by molar-refractivity contribution is 5.94. The molecule has 0 saturated carbocycles. The van der Waals surface area contributed by atoms with E-state index in [0.29, 0.717) is 12.1 Å². The summed E-state index contributed by atoms with van der Waals surface area (Å²) in [5.41, 5.74) is 9.96. The molecule has 132 valence electrons. The minimum absolute atomic E-state index is 0.0959. The van der Waals surface area contributed by atoms with Crippen LogP contribution >= 0.6 is 0 Å². The van der Waals surface area contributed by atoms with Crippen LogP contribution in [-0.4, -0.2) is 5.91 Å². The van der Waals surface area contributed by atoms with Gasteiger partial charge in [0.25, 0.3) is 5.91 Å². The maximum Gasteiger partial charge on any atom is 0.416 e. The first-order chi connectivity index (χ1) is 11.7. The van der Waals surface area contributed by atoms with Crippen molar-refractivity contribution in [3.8, 4) is 0 Å². The van der Waals surface area contributed by atoms with Gasteiger partial charge in [-0.1, -0.05) is 0 Å². The van der Waals surface area contributed by atoms with Crippen LogP contribution in [0.15, 0.2) is 59.2 Å². The lowest BCUT2D eigenvalue weighted by molar-refractivity contribution is -0.137. The summed E-state index contributed by atoms with van der Waals surface area (Å²) in [6.07, 6.45) is 0.213. The second-order valence-electron chi connectivity index (χ2n) is 4.90. The average molecular weight is 355 g/mol. The number of halogens is 4. The molecular weight excluding hydrogens is 342 g/mol. The van der Waals surface area contributed by atoms with Crippen molar-refractivity contribution in [3.05, 3.63) is 77.3 Å². The Labute approximate surface area is 139 Å². The number of carbonyl (C=O) groups excluding carboxylic acids is 1. The molecule has 0 aliphatic carbocycles. The smallest absolute Gasteiger partial charge is 0.416 e. The Morgan fingerprint density at radius 2 is 1.88 bits per heavy atom. The molecule has 0 aliphatic rings. The minimum Gasteiger partial charge on any atom is -0.472 e. The molecule has 0 atom stereocenters. The van der Waals surface area contributed by atoms with Gasteiger partial charge >= 0.3 is 6.18 Å². The highest BCUT2D eigenvalue weighted by Crippen LogP contribution is 2.30. The maximum atomic E-state index is 13.8. The molecule has 2 aromatic rings. The van der Waals surface area contributed by atoms with Crippen LogP contribution in [0.3, 0.4) is 0 Å². The second kappa shape index (κ2) is 7.12. The van der Waals surface area contributed by atoms with Crippen molar-refractivity contribution in [2.24, 2.45) is 11.5 Å². The lowest BCUT2D eigenvalue weighted by Crippen LogP contribution is -2.26. The fourth-order valence-electron chi connectivity index (χ4n) is 1.83. The van der Waals surface area contributed by atoms with Gasteiger partial charge in [0, 0.05) is 11.3 Å². The van der Waals surface area contributed by atoms with Gasteiger partial charge in [-0.05, 0) is 36.4 Å². The van der Waals surface area contributed by atoms with Crippen LogP contribution < -0.4 is 16.8 Å². The summed E-state index contributed by atoms with van der Waals surface area (Å²) >= 11 is 0. The molecule has 1 aromatic heterocycles. The summed E-state index contributed by atoms with van der Waals surface area (Å²) in [4.78, 5) is 11.7. The molecule has 1 amide bonds. The molecule has 25 heavy (non-hydrogen) atoms. The number of furan rings is 1. The molecule has 0 spiro atoms. The van der Waals surface area contributed by atoms with E-state index in [9.17, 15) is 22.4 Å². The van der Waals surface area contributed by atoms with Gasteiger partial charge in [0.05, 0.1) is 17.4 Å². The van der Waals surface area contributed by atoms with Gasteiger partial charge in [0.2, 0.25) is 0 Å². The van der Waals surface area contributed by atoms with Crippen LogP contribution in [-0.2, 0) is 6.18 Å². The molecule has 0 fully saturated rings. The first-order valence-electron chi connectivity index (χ1n) is 6.82. The normalized spacial score (nSPS) is 13.0. The van der Waals surface area contributed by atoms with Crippen molar-refractivity contribution in [2.45, 2.75) is 6.18 Å². The molecule has 5 N–H and O–H groups in total. The van der Waals surface area contributed by atoms with Crippen LogP contribution in [0, 0.1) is 5.82 Å². The molecule has 0 radical (unpaired) electrons. The van der Waals surface area contributed by atoms with E-state index in [0.717, 1.165) is 12.1 Å². The molecule has 0 saturated heterocycles. The number of allylic oxidation sites excluding steroid dienone is 2. The van der Waals surface area contributed by atoms with Crippen LogP contribution in [0.4, 0.5) is 17.6 Å². The number of nitrogens with one attached hydrogen (secondary N) is 1. The maximum absolute atomic E-state index is 13.8. The fraction of sp³-hybridized carbons (Fsp3) is 0.0625. The van der Waals surface area contributed by atoms with Crippen molar-refractivity contribution in [3.63, 3.8) is 0 Å². The Bertz CT molecular complexity index is 824. The fourth-order valence-corrected chi connectivity index (χ4v) is 1.83. The number of hydrogen-bond donors (Lipinski definition) is 3. The Morgan fingerprint density at radius 3 is 2.44 bits per heavy atom. The number of alkyl halides is 3. The summed E-state index contributed by atoms with van der Waals surface area (Å²) in [5.74, 6) is -1.75. The number of carbonyl (C=O) groups is 1. The number of benzene rings is 1. The van der Waals surface area contributed by atoms with E-state index in [1.807, 2.05) is 0 Å². The monoisotopic (exact) mass is 355 g/mol. The van der Waals surface area contributed by atoms with Crippen molar-refractivity contribution in [1.82, 2.24) is 5.32 Å². The van der Waals surface area contributed by atoms with E-state index in [1.165, 1.54) is 24.7 Å². The predicted octanol–water partition coefficient (Wildman–Crippen LogP) is 2.97. The molecule has 0 unspecified atom stereocenters. The van der Waals surface area contributed by atoms with Crippen molar-refractivity contribution in [2.75, 3.05) is 0 Å². The molecule has 5 nitrogen and oxygen atoms in total. The van der Waals surface area contributed by atoms with Gasteiger partial charge in [0.1, 0.15) is 17.9 Å². The zero-order chi connectivity index (χ0) is 18.6. The molecule has 1 aromatic carbocycles. The van der Waals surface area contributed by atoms with Crippen LogP contribution in [0.5, 0.6) is 0 Å². The first-order valence-corrected chi connectivity index (χ1v) is 6.82. The van der Waals surface area contributed by atoms with E-state index >= 15 is 0 Å². The molecule has 1 heterocycles. The lowest BCUT2D eigenvalue weighted by atomic mass is 10.1. The van der Waals surface area contributed by atoms with Crippen molar-refractivity contribution in [1.29, 1.82) is 0 Å². The quantitative estimate of drug-likeness (QED) is 0.581. The topological polar surface area (TPSA) is 94.3 Å². The van der Waals surface area contributed by atoms with Gasteiger partial charge in [0.15, 0.2) is 0 Å². The summed E-state index contributed by atoms with van der Waals surface area (Å²) in [6.45, 7) is 0. The third-order valence-electron chi connectivity index (χ3n) is 3.09. The largest absolute Gasteiger partial charge is 0.472 e. The van der Waals surface area contributed by atoms with E-state index in [-0.39, 0.29) is 22.6 Å². The van der Waals surface area contributed by atoms with Crippen molar-refractivity contribution >= 4 is 11.6 Å². The Hall–Kier alpha value is -3.23. The lowest BCUT2D eigenvalue weighted by Gasteiger charge is -2.09. The third kappa shape index (κ3) is 4.63. The predicted molar refractivity (Wildman–Crippen MR) is 82.0 cm³/mol. The zero-order valence-electron chi connectivity index (χ0n) is 12.6. The number of nitrogens with two attached hydrogens (primary N) is 2. The molecule has 0 bridgehead atoms. The van der Waals surface area contributed by atoms with Crippen molar-refractivity contribution < 1.29 is 26.8 Å². The summed E-state index contributed by atoms with van der Waals surface area (Å²) in [5, 5.41) is 2.33. The van der Waals surface area contributed by atoms with Crippen LogP contribution in [0.1, 0.15) is 21.5 Å². The summed E-state index contributed by atoms with van der Waals surface area (Å²) in [6, 6.07) is 3.40. The standard InChI is InChI=1S/C16H13F4N3O2/c17-12-7-10(16(18,19)20)1-2-11(12)13(21)3-4-14(22)23-15(24)9-5-6-25-8-9/h1-8H,21-22H2,(H,23,24)/b13-3-,14-4+. The Morgan fingerprint density at radius 1 is 1.16 bits per heavy atom. The second-order valence-corrected chi connectivity index (χ2v) is 4.90. The van der Waals surface area contributed by atoms with E-state index in [2.05, 4.69) is 5.32 Å². The summed E-state index contributed by atoms with van der Waals surface area (Å²) in [7, 11) is 0. The SMILES string of the molecule is N/C(=C\C=C(/N)NC(=O)c1ccoc1)c1ccc(C(F)(F)F)cc1F. The highest BCUT2D eigenvalue weighted by atomic mass is 19.4. The third-order valence-corrected chi connectivity index (χ3v) is 3.09. The number of amides is 1. The zero-order valence-corrected chi connectivity index (χ0v) is 12.6. The first kappa shape index (κ1) is 18.1. The molecule has 2 rings (SSSR count). The van der Waals surface area contributed by atoms with E-state index in [1.54, 1.807) is 0 Å². The number of rotatable bonds is 4. The van der Waals surface area contributed by atoms with Gasteiger partial charge in [-0.2, -0.15) is 13.2 Å². The van der Waals surface area contributed by atoms with Crippen LogP contribution in [0.25, 0.3) is 5.70 Å². The Balaban J connectivity index is 2.14. The molecular formula is C16H13F4N3O2. The van der Waals surface area contributed by atoms with Crippen LogP contribution in [0.2, 0.25) is 0 Å². The molecule has 9 heteroatoms. The average Bonchev–Trinajstić information content (AvgIpc) is 3.06. The summed E-state index contributed by atoms with van der Waals surface area (Å²) < 4.78 is 56.1. The highest BCUT2D eigenvalue weighted by Gasteiger charge is 2.31. The van der Waals surface area contributed by atoms with Gasteiger partial charge in [-0.15, -0.1) is 0 Å². The molecule has 0 aliphatic heterocycles. The van der Waals surface area contributed by atoms with E-state index in [4.69, 9.17) is 15.9 Å². The Kier molecular flexibility index (Phi) is 5.16. The van der Waals surface area contributed by atoms with E-state index < -0.39 is 23.5 Å². The van der Waals surface area contributed by atoms with Gasteiger partial charge in [-0.25, -0.2) is 4.39 Å².